The Balaban J connectivity index is 2.08. The molecule has 20 heavy (non-hydrogen) atoms. The number of nitrogens with two attached hydrogens (primary N) is 1. The van der Waals surface area contributed by atoms with Crippen LogP contribution in [0.1, 0.15) is 5.69 Å². The fraction of sp³-hybridized carbons (Fsp3) is 0.154. The van der Waals surface area contributed by atoms with Crippen LogP contribution in [0.2, 0.25) is 0 Å². The van der Waals surface area contributed by atoms with Gasteiger partial charge in [-0.3, -0.25) is 5.32 Å². The average Bonchev–Trinajstić information content (AvgIpc) is 2.40. The van der Waals surface area contributed by atoms with Crippen molar-refractivity contribution in [1.29, 1.82) is 0 Å². The van der Waals surface area contributed by atoms with Crippen LogP contribution in [0, 0.1) is 6.92 Å². The van der Waals surface area contributed by atoms with Crippen molar-refractivity contribution in [3.8, 4) is 11.9 Å². The second kappa shape index (κ2) is 5.87. The van der Waals surface area contributed by atoms with Gasteiger partial charge in [-0.05, 0) is 19.1 Å². The Kier molecular flexibility index (Phi) is 3.99. The van der Waals surface area contributed by atoms with Crippen LogP contribution in [0.3, 0.4) is 0 Å². The minimum absolute atomic E-state index is 0.0890. The van der Waals surface area contributed by atoms with Gasteiger partial charge in [-0.2, -0.15) is 9.97 Å². The third-order valence-electron chi connectivity index (χ3n) is 2.40. The first-order valence-corrected chi connectivity index (χ1v) is 5.81. The molecule has 0 fully saturated rings. The summed E-state index contributed by atoms with van der Waals surface area (Å²) in [7, 11) is 1.47. The van der Waals surface area contributed by atoms with Crippen molar-refractivity contribution >= 4 is 17.5 Å². The summed E-state index contributed by atoms with van der Waals surface area (Å²) in [5.41, 5.74) is 7.23. The van der Waals surface area contributed by atoms with E-state index in [0.29, 0.717) is 22.9 Å². The third-order valence-corrected chi connectivity index (χ3v) is 2.40. The molecule has 7 heteroatoms. The van der Waals surface area contributed by atoms with Crippen LogP contribution in [0.4, 0.5) is 16.2 Å². The van der Waals surface area contributed by atoms with E-state index in [2.05, 4.69) is 15.3 Å². The molecule has 0 aliphatic carbocycles. The number of amides is 1. The number of anilines is 2. The molecule has 7 nitrogen and oxygen atoms in total. The lowest BCUT2D eigenvalue weighted by Gasteiger charge is -2.08. The van der Waals surface area contributed by atoms with Crippen LogP contribution in [0.25, 0.3) is 0 Å². The number of para-hydroxylation sites is 2. The van der Waals surface area contributed by atoms with Crippen molar-refractivity contribution in [3.63, 3.8) is 0 Å². The predicted molar refractivity (Wildman–Crippen MR) is 73.8 cm³/mol. The van der Waals surface area contributed by atoms with Crippen LogP contribution in [-0.4, -0.2) is 23.2 Å². The van der Waals surface area contributed by atoms with E-state index in [0.717, 1.165) is 0 Å². The highest BCUT2D eigenvalue weighted by Gasteiger charge is 2.10. The fourth-order valence-corrected chi connectivity index (χ4v) is 1.49. The first-order valence-electron chi connectivity index (χ1n) is 5.81. The van der Waals surface area contributed by atoms with Crippen LogP contribution < -0.4 is 20.5 Å². The molecule has 0 spiro atoms. The molecule has 0 unspecified atom stereocenters. The van der Waals surface area contributed by atoms with E-state index in [1.807, 2.05) is 0 Å². The van der Waals surface area contributed by atoms with Gasteiger partial charge >= 0.3 is 12.1 Å². The zero-order valence-corrected chi connectivity index (χ0v) is 11.1. The lowest BCUT2D eigenvalue weighted by atomic mass is 10.3. The summed E-state index contributed by atoms with van der Waals surface area (Å²) in [4.78, 5) is 19.6. The number of ether oxygens (including phenoxy) is 2. The first kappa shape index (κ1) is 13.6. The summed E-state index contributed by atoms with van der Waals surface area (Å²) in [6.45, 7) is 1.74. The molecule has 2 aromatic rings. The van der Waals surface area contributed by atoms with Crippen molar-refractivity contribution in [2.75, 3.05) is 18.2 Å². The topological polar surface area (TPSA) is 99.4 Å². The number of aromatic nitrogens is 2. The molecule has 0 atom stereocenters. The van der Waals surface area contributed by atoms with Gasteiger partial charge in [0.15, 0.2) is 0 Å². The maximum Gasteiger partial charge on any atom is 0.419 e. The third kappa shape index (κ3) is 3.35. The average molecular weight is 274 g/mol. The van der Waals surface area contributed by atoms with Crippen molar-refractivity contribution in [2.45, 2.75) is 6.92 Å². The SMILES string of the molecule is COc1cc(C)nc(OC(=O)Nc2ccccc2N)n1. The van der Waals surface area contributed by atoms with E-state index in [1.54, 1.807) is 37.3 Å². The predicted octanol–water partition coefficient (Wildman–Crippen LogP) is 1.99. The van der Waals surface area contributed by atoms with Gasteiger partial charge in [0.05, 0.1) is 18.5 Å². The zero-order valence-electron chi connectivity index (χ0n) is 11.1. The Morgan fingerprint density at radius 3 is 2.75 bits per heavy atom. The van der Waals surface area contributed by atoms with Crippen LogP contribution in [0.5, 0.6) is 11.9 Å². The number of aryl methyl sites for hydroxylation is 1. The number of methoxy groups -OCH3 is 1. The Morgan fingerprint density at radius 1 is 1.30 bits per heavy atom. The summed E-state index contributed by atoms with van der Waals surface area (Å²) in [6.07, 6.45) is -0.726. The standard InChI is InChI=1S/C13H14N4O3/c1-8-7-11(19-2)17-12(15-8)20-13(18)16-10-6-4-3-5-9(10)14/h3-7H,14H2,1-2H3,(H,16,18). The smallest absolute Gasteiger partial charge is 0.419 e. The number of nitrogen functional groups attached to an aromatic ring is 1. The molecule has 0 aliphatic heterocycles. The molecule has 0 bridgehead atoms. The Bertz CT molecular complexity index is 631. The molecular weight excluding hydrogens is 260 g/mol. The van der Waals surface area contributed by atoms with Crippen molar-refractivity contribution in [1.82, 2.24) is 9.97 Å². The second-order valence-corrected chi connectivity index (χ2v) is 3.94. The number of rotatable bonds is 3. The van der Waals surface area contributed by atoms with Gasteiger partial charge in [-0.15, -0.1) is 0 Å². The van der Waals surface area contributed by atoms with E-state index >= 15 is 0 Å². The number of nitrogens with zero attached hydrogens (tertiary/aromatic N) is 2. The highest BCUT2D eigenvalue weighted by Crippen LogP contribution is 2.18. The number of carbonyl (C=O) groups excluding carboxylic acids is 1. The molecule has 104 valence electrons. The lowest BCUT2D eigenvalue weighted by molar-refractivity contribution is 0.210. The quantitative estimate of drug-likeness (QED) is 0.830. The summed E-state index contributed by atoms with van der Waals surface area (Å²) in [6, 6.07) is 8.38. The highest BCUT2D eigenvalue weighted by molar-refractivity contribution is 5.89. The minimum Gasteiger partial charge on any atom is -0.481 e. The van der Waals surface area contributed by atoms with Gasteiger partial charge in [-0.25, -0.2) is 4.79 Å². The Labute approximate surface area is 115 Å². The molecule has 1 aromatic carbocycles. The van der Waals surface area contributed by atoms with Gasteiger partial charge < -0.3 is 15.2 Å². The number of nitrogens with one attached hydrogen (secondary N) is 1. The summed E-state index contributed by atoms with van der Waals surface area (Å²) >= 11 is 0. The highest BCUT2D eigenvalue weighted by atomic mass is 16.6. The summed E-state index contributed by atoms with van der Waals surface area (Å²) in [5, 5.41) is 2.51. The summed E-state index contributed by atoms with van der Waals surface area (Å²) in [5.74, 6) is 0.319. The van der Waals surface area contributed by atoms with E-state index in [1.165, 1.54) is 7.11 Å². The molecule has 1 amide bonds. The van der Waals surface area contributed by atoms with Crippen LogP contribution in [0.15, 0.2) is 30.3 Å². The van der Waals surface area contributed by atoms with Crippen molar-refractivity contribution in [2.24, 2.45) is 0 Å². The van der Waals surface area contributed by atoms with Gasteiger partial charge in [0.1, 0.15) is 0 Å². The molecular formula is C13H14N4O3. The van der Waals surface area contributed by atoms with Gasteiger partial charge in [-0.1, -0.05) is 12.1 Å². The minimum atomic E-state index is -0.726. The van der Waals surface area contributed by atoms with Gasteiger partial charge in [0.25, 0.3) is 0 Å². The normalized spacial score (nSPS) is 9.90. The maximum atomic E-state index is 11.7. The Hall–Kier alpha value is -2.83. The van der Waals surface area contributed by atoms with Gasteiger partial charge in [0.2, 0.25) is 5.88 Å². The Morgan fingerprint density at radius 2 is 2.05 bits per heavy atom. The maximum absolute atomic E-state index is 11.7. The molecule has 0 aliphatic rings. The molecule has 2 rings (SSSR count). The van der Waals surface area contributed by atoms with Crippen LogP contribution >= 0.6 is 0 Å². The summed E-state index contributed by atoms with van der Waals surface area (Å²) < 4.78 is 9.96. The van der Waals surface area contributed by atoms with E-state index in [-0.39, 0.29) is 6.01 Å². The number of carbonyl (C=O) groups is 1. The molecule has 1 aromatic heterocycles. The molecule has 0 saturated heterocycles. The monoisotopic (exact) mass is 274 g/mol. The molecule has 3 N–H and O–H groups in total. The number of benzene rings is 1. The molecule has 0 radical (unpaired) electrons. The first-order chi connectivity index (χ1) is 9.58. The number of hydrogen-bond donors (Lipinski definition) is 2. The second-order valence-electron chi connectivity index (χ2n) is 3.94. The molecule has 1 heterocycles. The zero-order chi connectivity index (χ0) is 14.5. The lowest BCUT2D eigenvalue weighted by Crippen LogP contribution is -2.19. The fourth-order valence-electron chi connectivity index (χ4n) is 1.49. The molecule has 0 saturated carbocycles. The number of hydrogen-bond acceptors (Lipinski definition) is 6. The van der Waals surface area contributed by atoms with Crippen molar-refractivity contribution in [3.05, 3.63) is 36.0 Å². The van der Waals surface area contributed by atoms with Crippen LogP contribution in [-0.2, 0) is 0 Å². The van der Waals surface area contributed by atoms with E-state index in [4.69, 9.17) is 15.2 Å². The van der Waals surface area contributed by atoms with Crippen molar-refractivity contribution < 1.29 is 14.3 Å². The largest absolute Gasteiger partial charge is 0.481 e. The van der Waals surface area contributed by atoms with E-state index in [9.17, 15) is 4.79 Å². The van der Waals surface area contributed by atoms with Gasteiger partial charge in [0, 0.05) is 11.8 Å². The van der Waals surface area contributed by atoms with E-state index < -0.39 is 6.09 Å².